The van der Waals surface area contributed by atoms with Crippen molar-refractivity contribution in [2.75, 3.05) is 7.11 Å². The summed E-state index contributed by atoms with van der Waals surface area (Å²) >= 11 is 3.30. The lowest BCUT2D eigenvalue weighted by molar-refractivity contribution is 0.0594. The van der Waals surface area contributed by atoms with Gasteiger partial charge in [-0.2, -0.15) is 0 Å². The Hall–Kier alpha value is -1.36. The van der Waals surface area contributed by atoms with Gasteiger partial charge in [0.05, 0.1) is 17.0 Å². The van der Waals surface area contributed by atoms with E-state index in [9.17, 15) is 4.79 Å². The van der Waals surface area contributed by atoms with Crippen LogP contribution in [0.15, 0.2) is 27.4 Å². The van der Waals surface area contributed by atoms with E-state index in [1.807, 2.05) is 0 Å². The first kappa shape index (κ1) is 9.21. The van der Waals surface area contributed by atoms with Crippen molar-refractivity contribution in [3.05, 3.63) is 28.7 Å². The average Bonchev–Trinajstić information content (AvgIpc) is 2.59. The van der Waals surface area contributed by atoms with Crippen LogP contribution in [0.4, 0.5) is 0 Å². The Morgan fingerprint density at radius 3 is 3.14 bits per heavy atom. The summed E-state index contributed by atoms with van der Waals surface area (Å²) in [5.74, 6) is -0.473. The highest BCUT2D eigenvalue weighted by atomic mass is 79.9. The maximum atomic E-state index is 11.1. The lowest BCUT2D eigenvalue weighted by Crippen LogP contribution is -2.03. The molecule has 2 aromatic heterocycles. The summed E-state index contributed by atoms with van der Waals surface area (Å²) in [5.41, 5.74) is 0.842. The maximum absolute atomic E-state index is 11.1. The summed E-state index contributed by atoms with van der Waals surface area (Å²) in [6.07, 6.45) is 3.11. The minimum Gasteiger partial charge on any atom is -0.464 e. The van der Waals surface area contributed by atoms with Crippen LogP contribution in [0.3, 0.4) is 0 Å². The van der Waals surface area contributed by atoms with Gasteiger partial charge in [-0.25, -0.2) is 9.78 Å². The van der Waals surface area contributed by atoms with Crippen molar-refractivity contribution in [2.45, 2.75) is 0 Å². The molecule has 14 heavy (non-hydrogen) atoms. The number of hydrogen-bond donors (Lipinski definition) is 0. The van der Waals surface area contributed by atoms with Crippen molar-refractivity contribution in [2.24, 2.45) is 0 Å². The van der Waals surface area contributed by atoms with Crippen LogP contribution in [-0.4, -0.2) is 18.1 Å². The van der Waals surface area contributed by atoms with Crippen LogP contribution in [0.25, 0.3) is 11.0 Å². The largest absolute Gasteiger partial charge is 0.464 e. The second kappa shape index (κ2) is 3.42. The third-order valence-corrected chi connectivity index (χ3v) is 2.42. The number of carbonyl (C=O) groups excluding carboxylic acids is 1. The fourth-order valence-corrected chi connectivity index (χ4v) is 1.50. The SMILES string of the molecule is COC(=O)c1cc2occ(Br)c2cn1. The average molecular weight is 256 g/mol. The summed E-state index contributed by atoms with van der Waals surface area (Å²) in [4.78, 5) is 15.1. The zero-order valence-electron chi connectivity index (χ0n) is 7.28. The minimum atomic E-state index is -0.473. The van der Waals surface area contributed by atoms with E-state index < -0.39 is 5.97 Å². The van der Waals surface area contributed by atoms with E-state index in [-0.39, 0.29) is 5.69 Å². The number of carbonyl (C=O) groups is 1. The molecule has 2 rings (SSSR count). The molecule has 0 spiro atoms. The summed E-state index contributed by atoms with van der Waals surface area (Å²) in [7, 11) is 1.31. The Bertz CT molecular complexity index is 492. The smallest absolute Gasteiger partial charge is 0.356 e. The Labute approximate surface area is 88.0 Å². The van der Waals surface area contributed by atoms with E-state index in [4.69, 9.17) is 4.42 Å². The highest BCUT2D eigenvalue weighted by Crippen LogP contribution is 2.25. The first-order valence-corrected chi connectivity index (χ1v) is 4.62. The van der Waals surface area contributed by atoms with Gasteiger partial charge in [0.25, 0.3) is 0 Å². The van der Waals surface area contributed by atoms with Crippen LogP contribution in [0.1, 0.15) is 10.5 Å². The molecule has 0 unspecified atom stereocenters. The van der Waals surface area contributed by atoms with Gasteiger partial charge in [0.1, 0.15) is 11.8 Å². The Kier molecular flexibility index (Phi) is 2.25. The molecular weight excluding hydrogens is 250 g/mol. The van der Waals surface area contributed by atoms with Crippen molar-refractivity contribution in [1.82, 2.24) is 4.98 Å². The van der Waals surface area contributed by atoms with Crippen molar-refractivity contribution in [3.63, 3.8) is 0 Å². The van der Waals surface area contributed by atoms with Crippen LogP contribution in [-0.2, 0) is 4.74 Å². The van der Waals surface area contributed by atoms with Gasteiger partial charge < -0.3 is 9.15 Å². The molecule has 0 radical (unpaired) electrons. The Morgan fingerprint density at radius 1 is 1.64 bits per heavy atom. The van der Waals surface area contributed by atoms with Crippen LogP contribution in [0.5, 0.6) is 0 Å². The molecule has 0 saturated heterocycles. The highest BCUT2D eigenvalue weighted by Gasteiger charge is 2.10. The molecule has 0 saturated carbocycles. The van der Waals surface area contributed by atoms with Crippen molar-refractivity contribution < 1.29 is 13.9 Å². The fraction of sp³-hybridized carbons (Fsp3) is 0.111. The summed E-state index contributed by atoms with van der Waals surface area (Å²) < 4.78 is 10.5. The number of nitrogens with zero attached hydrogens (tertiary/aromatic N) is 1. The molecule has 72 valence electrons. The van der Waals surface area contributed by atoms with E-state index >= 15 is 0 Å². The van der Waals surface area contributed by atoms with Crippen LogP contribution in [0.2, 0.25) is 0 Å². The molecule has 0 bridgehead atoms. The monoisotopic (exact) mass is 255 g/mol. The summed E-state index contributed by atoms with van der Waals surface area (Å²) in [6, 6.07) is 1.55. The van der Waals surface area contributed by atoms with Crippen LogP contribution >= 0.6 is 15.9 Å². The molecule has 0 N–H and O–H groups in total. The van der Waals surface area contributed by atoms with Gasteiger partial charge in [-0.05, 0) is 15.9 Å². The molecule has 0 aliphatic rings. The maximum Gasteiger partial charge on any atom is 0.356 e. The van der Waals surface area contributed by atoms with Crippen LogP contribution < -0.4 is 0 Å². The number of fused-ring (bicyclic) bond motifs is 1. The number of furan rings is 1. The molecule has 0 aliphatic heterocycles. The lowest BCUT2D eigenvalue weighted by Gasteiger charge is -1.96. The zero-order chi connectivity index (χ0) is 10.1. The second-order valence-corrected chi connectivity index (χ2v) is 3.50. The minimum absolute atomic E-state index is 0.238. The first-order chi connectivity index (χ1) is 6.72. The lowest BCUT2D eigenvalue weighted by atomic mass is 10.3. The second-order valence-electron chi connectivity index (χ2n) is 2.64. The topological polar surface area (TPSA) is 52.3 Å². The van der Waals surface area contributed by atoms with Gasteiger partial charge in [0.15, 0.2) is 5.69 Å². The predicted molar refractivity (Wildman–Crippen MR) is 53.0 cm³/mol. The summed E-state index contributed by atoms with van der Waals surface area (Å²) in [5, 5.41) is 0.831. The quantitative estimate of drug-likeness (QED) is 0.735. The predicted octanol–water partition coefficient (Wildman–Crippen LogP) is 2.38. The van der Waals surface area contributed by atoms with Gasteiger partial charge in [0.2, 0.25) is 0 Å². The number of hydrogen-bond acceptors (Lipinski definition) is 4. The Balaban J connectivity index is 2.57. The fourth-order valence-electron chi connectivity index (χ4n) is 1.11. The molecule has 0 aromatic carbocycles. The van der Waals surface area contributed by atoms with E-state index in [0.717, 1.165) is 9.86 Å². The molecule has 0 fully saturated rings. The molecule has 0 amide bonds. The van der Waals surface area contributed by atoms with Gasteiger partial charge in [-0.15, -0.1) is 0 Å². The standard InChI is InChI=1S/C9H6BrNO3/c1-13-9(12)7-2-8-5(3-11-7)6(10)4-14-8/h2-4H,1H3. The number of pyridine rings is 1. The molecule has 2 heterocycles. The first-order valence-electron chi connectivity index (χ1n) is 3.83. The van der Waals surface area contributed by atoms with Gasteiger partial charge in [0, 0.05) is 12.3 Å². The zero-order valence-corrected chi connectivity index (χ0v) is 8.87. The van der Waals surface area contributed by atoms with Crippen molar-refractivity contribution in [1.29, 1.82) is 0 Å². The van der Waals surface area contributed by atoms with E-state index in [1.165, 1.54) is 7.11 Å². The Morgan fingerprint density at radius 2 is 2.43 bits per heavy atom. The van der Waals surface area contributed by atoms with Gasteiger partial charge in [-0.3, -0.25) is 0 Å². The third-order valence-electron chi connectivity index (χ3n) is 1.81. The molecular formula is C9H6BrNO3. The van der Waals surface area contributed by atoms with Crippen molar-refractivity contribution in [3.8, 4) is 0 Å². The number of methoxy groups -OCH3 is 1. The van der Waals surface area contributed by atoms with E-state index in [0.29, 0.717) is 5.58 Å². The van der Waals surface area contributed by atoms with Crippen molar-refractivity contribution >= 4 is 32.9 Å². The molecule has 0 aliphatic carbocycles. The number of ether oxygens (including phenoxy) is 1. The van der Waals surface area contributed by atoms with Gasteiger partial charge in [-0.1, -0.05) is 0 Å². The molecule has 0 atom stereocenters. The van der Waals surface area contributed by atoms with Gasteiger partial charge >= 0.3 is 5.97 Å². The molecule has 5 heteroatoms. The third kappa shape index (κ3) is 1.39. The number of esters is 1. The van der Waals surface area contributed by atoms with Crippen LogP contribution in [0, 0.1) is 0 Å². The number of aromatic nitrogens is 1. The summed E-state index contributed by atoms with van der Waals surface area (Å²) in [6.45, 7) is 0. The normalized spacial score (nSPS) is 10.4. The molecule has 2 aromatic rings. The van der Waals surface area contributed by atoms with E-state index in [2.05, 4.69) is 25.7 Å². The molecule has 4 nitrogen and oxygen atoms in total. The van der Waals surface area contributed by atoms with E-state index in [1.54, 1.807) is 18.5 Å². The number of halogens is 1. The highest BCUT2D eigenvalue weighted by molar-refractivity contribution is 9.10. The number of rotatable bonds is 1.